The van der Waals surface area contributed by atoms with Crippen molar-refractivity contribution in [1.29, 1.82) is 0 Å². The lowest BCUT2D eigenvalue weighted by Gasteiger charge is -2.10. The summed E-state index contributed by atoms with van der Waals surface area (Å²) < 4.78 is 1.97. The highest BCUT2D eigenvalue weighted by molar-refractivity contribution is 7.13. The van der Waals surface area contributed by atoms with Crippen LogP contribution in [-0.4, -0.2) is 16.3 Å². The molecule has 1 aromatic carbocycles. The van der Waals surface area contributed by atoms with Gasteiger partial charge in [0, 0.05) is 12.1 Å². The van der Waals surface area contributed by atoms with E-state index >= 15 is 0 Å². The van der Waals surface area contributed by atoms with Gasteiger partial charge in [0.25, 0.3) is 0 Å². The fraction of sp³-hybridized carbons (Fsp3) is 0.278. The predicted molar refractivity (Wildman–Crippen MR) is 103 cm³/mol. The van der Waals surface area contributed by atoms with Gasteiger partial charge in [-0.1, -0.05) is 23.2 Å². The zero-order chi connectivity index (χ0) is 16.7. The molecule has 0 unspecified atom stereocenters. The van der Waals surface area contributed by atoms with Gasteiger partial charge in [-0.3, -0.25) is 0 Å². The van der Waals surface area contributed by atoms with Crippen molar-refractivity contribution in [3.63, 3.8) is 0 Å². The van der Waals surface area contributed by atoms with Crippen molar-refractivity contribution in [3.8, 4) is 16.3 Å². The van der Waals surface area contributed by atoms with Crippen LogP contribution in [0.4, 0.5) is 5.82 Å². The fourth-order valence-electron chi connectivity index (χ4n) is 3.06. The van der Waals surface area contributed by atoms with E-state index in [4.69, 9.17) is 28.3 Å². The van der Waals surface area contributed by atoms with Crippen molar-refractivity contribution in [2.24, 2.45) is 0 Å². The second kappa shape index (κ2) is 6.43. The molecule has 4 rings (SSSR count). The first-order valence-corrected chi connectivity index (χ1v) is 9.64. The number of halogens is 2. The number of fused-ring (bicyclic) bond motifs is 1. The highest BCUT2D eigenvalue weighted by Crippen LogP contribution is 2.37. The molecule has 24 heavy (non-hydrogen) atoms. The Kier molecular flexibility index (Phi) is 4.29. The van der Waals surface area contributed by atoms with Crippen LogP contribution in [0.3, 0.4) is 0 Å². The van der Waals surface area contributed by atoms with E-state index in [-0.39, 0.29) is 0 Å². The largest absolute Gasteiger partial charge is 0.370 e. The number of aryl methyl sites for hydroxylation is 1. The summed E-state index contributed by atoms with van der Waals surface area (Å²) in [5.41, 5.74) is 4.56. The average Bonchev–Trinajstić information content (AvgIpc) is 3.06. The van der Waals surface area contributed by atoms with Gasteiger partial charge in [0.15, 0.2) is 0 Å². The zero-order valence-electron chi connectivity index (χ0n) is 13.3. The van der Waals surface area contributed by atoms with Gasteiger partial charge in [-0.15, -0.1) is 11.3 Å². The maximum atomic E-state index is 6.21. The highest BCUT2D eigenvalue weighted by atomic mass is 35.5. The highest BCUT2D eigenvalue weighted by Gasteiger charge is 2.22. The Labute approximate surface area is 155 Å². The van der Waals surface area contributed by atoms with E-state index in [2.05, 4.69) is 23.7 Å². The molecule has 3 heterocycles. The molecule has 0 saturated carbocycles. The molecule has 0 spiro atoms. The van der Waals surface area contributed by atoms with Gasteiger partial charge in [-0.25, -0.2) is 4.68 Å². The molecule has 124 valence electrons. The smallest absolute Gasteiger partial charge is 0.133 e. The van der Waals surface area contributed by atoms with Crippen LogP contribution in [0.15, 0.2) is 29.6 Å². The minimum absolute atomic E-state index is 0.542. The van der Waals surface area contributed by atoms with Crippen molar-refractivity contribution >= 4 is 40.4 Å². The normalized spacial score (nSPS) is 14.1. The number of rotatable bonds is 2. The number of aromatic nitrogens is 2. The third-order valence-electron chi connectivity index (χ3n) is 4.24. The molecule has 2 aromatic heterocycles. The number of nitrogens with one attached hydrogen (secondary N) is 1. The molecule has 6 heteroatoms. The van der Waals surface area contributed by atoms with E-state index in [9.17, 15) is 0 Å². The van der Waals surface area contributed by atoms with Gasteiger partial charge in [0.2, 0.25) is 0 Å². The molecule has 0 aliphatic carbocycles. The maximum Gasteiger partial charge on any atom is 0.133 e. The van der Waals surface area contributed by atoms with E-state index in [1.165, 1.54) is 28.8 Å². The van der Waals surface area contributed by atoms with Crippen LogP contribution in [0.5, 0.6) is 0 Å². The number of hydrogen-bond donors (Lipinski definition) is 1. The summed E-state index contributed by atoms with van der Waals surface area (Å²) in [6.45, 7) is 3.08. The molecule has 0 radical (unpaired) electrons. The standard InChI is InChI=1S/C18H17Cl2N3S/c1-11-8-16(24-10-11)17-13-4-2-3-7-21-18(13)23(22-17)12-5-6-14(19)15(20)9-12/h5-6,8-10,21H,2-4,7H2,1H3. The van der Waals surface area contributed by atoms with Crippen LogP contribution < -0.4 is 5.32 Å². The summed E-state index contributed by atoms with van der Waals surface area (Å²) in [6.07, 6.45) is 3.37. The molecule has 0 atom stereocenters. The molecule has 3 aromatic rings. The minimum Gasteiger partial charge on any atom is -0.370 e. The molecule has 1 aliphatic rings. The first-order chi connectivity index (χ1) is 11.6. The van der Waals surface area contributed by atoms with Gasteiger partial charge < -0.3 is 5.32 Å². The molecule has 3 nitrogen and oxygen atoms in total. The Morgan fingerprint density at radius 2 is 2.04 bits per heavy atom. The predicted octanol–water partition coefficient (Wildman–Crippen LogP) is 5.96. The molecule has 0 fully saturated rings. The van der Waals surface area contributed by atoms with E-state index in [1.54, 1.807) is 11.3 Å². The van der Waals surface area contributed by atoms with Crippen LogP contribution in [-0.2, 0) is 6.42 Å². The Morgan fingerprint density at radius 3 is 2.79 bits per heavy atom. The Bertz CT molecular complexity index is 898. The molecule has 0 bridgehead atoms. The lowest BCUT2D eigenvalue weighted by molar-refractivity contribution is 0.780. The maximum absolute atomic E-state index is 6.21. The number of anilines is 1. The lowest BCUT2D eigenvalue weighted by atomic mass is 10.1. The monoisotopic (exact) mass is 377 g/mol. The summed E-state index contributed by atoms with van der Waals surface area (Å²) in [5, 5.41) is 11.7. The summed E-state index contributed by atoms with van der Waals surface area (Å²) in [5.74, 6) is 1.08. The van der Waals surface area contributed by atoms with Crippen molar-refractivity contribution < 1.29 is 0 Å². The van der Waals surface area contributed by atoms with Gasteiger partial charge in [0.1, 0.15) is 11.5 Å². The van der Waals surface area contributed by atoms with Crippen molar-refractivity contribution in [3.05, 3.63) is 50.8 Å². The van der Waals surface area contributed by atoms with Gasteiger partial charge in [-0.2, -0.15) is 5.10 Å². The third-order valence-corrected chi connectivity index (χ3v) is 6.03. The Morgan fingerprint density at radius 1 is 1.17 bits per heavy atom. The lowest BCUT2D eigenvalue weighted by Crippen LogP contribution is -2.07. The number of thiophene rings is 1. The minimum atomic E-state index is 0.542. The summed E-state index contributed by atoms with van der Waals surface area (Å²) in [6, 6.07) is 7.85. The Balaban J connectivity index is 1.90. The third kappa shape index (κ3) is 2.83. The van der Waals surface area contributed by atoms with Crippen LogP contribution in [0, 0.1) is 6.92 Å². The first-order valence-electron chi connectivity index (χ1n) is 8.00. The molecule has 0 amide bonds. The Hall–Kier alpha value is -1.49. The first kappa shape index (κ1) is 16.0. The molecule has 0 saturated heterocycles. The van der Waals surface area contributed by atoms with Crippen LogP contribution in [0.25, 0.3) is 16.3 Å². The van der Waals surface area contributed by atoms with Gasteiger partial charge in [-0.05, 0) is 61.4 Å². The van der Waals surface area contributed by atoms with Crippen molar-refractivity contribution in [2.75, 3.05) is 11.9 Å². The van der Waals surface area contributed by atoms with Crippen LogP contribution in [0.2, 0.25) is 10.0 Å². The van der Waals surface area contributed by atoms with Gasteiger partial charge >= 0.3 is 0 Å². The van der Waals surface area contributed by atoms with E-state index in [0.29, 0.717) is 10.0 Å². The van der Waals surface area contributed by atoms with E-state index < -0.39 is 0 Å². The zero-order valence-corrected chi connectivity index (χ0v) is 15.6. The summed E-state index contributed by atoms with van der Waals surface area (Å²) in [7, 11) is 0. The van der Waals surface area contributed by atoms with Crippen molar-refractivity contribution in [2.45, 2.75) is 26.2 Å². The van der Waals surface area contributed by atoms with Crippen molar-refractivity contribution in [1.82, 2.24) is 9.78 Å². The van der Waals surface area contributed by atoms with E-state index in [1.807, 2.05) is 22.9 Å². The van der Waals surface area contributed by atoms with Crippen LogP contribution in [0.1, 0.15) is 24.0 Å². The second-order valence-corrected chi connectivity index (χ2v) is 7.78. The summed E-state index contributed by atoms with van der Waals surface area (Å²) in [4.78, 5) is 1.21. The molecule has 1 N–H and O–H groups in total. The van der Waals surface area contributed by atoms with Crippen LogP contribution >= 0.6 is 34.5 Å². The average molecular weight is 378 g/mol. The quantitative estimate of drug-likeness (QED) is 0.596. The second-order valence-electron chi connectivity index (χ2n) is 6.06. The SMILES string of the molecule is Cc1csc(-c2nn(-c3ccc(Cl)c(Cl)c3)c3c2CCCCN3)c1. The summed E-state index contributed by atoms with van der Waals surface area (Å²) >= 11 is 14.0. The van der Waals surface area contributed by atoms with E-state index in [0.717, 1.165) is 30.2 Å². The molecular formula is C18H17Cl2N3S. The molecular weight excluding hydrogens is 361 g/mol. The fourth-order valence-corrected chi connectivity index (χ4v) is 4.26. The number of nitrogens with zero attached hydrogens (tertiary/aromatic N) is 2. The topological polar surface area (TPSA) is 29.9 Å². The van der Waals surface area contributed by atoms with Gasteiger partial charge in [0.05, 0.1) is 20.6 Å². The number of hydrogen-bond acceptors (Lipinski definition) is 3. The number of benzene rings is 1. The molecule has 1 aliphatic heterocycles.